The number of anilines is 1. The van der Waals surface area contributed by atoms with Gasteiger partial charge in [0, 0.05) is 36.2 Å². The van der Waals surface area contributed by atoms with Gasteiger partial charge in [-0.1, -0.05) is 19.4 Å². The molecule has 2 amide bonds. The molecule has 1 fully saturated rings. The Morgan fingerprint density at radius 1 is 1.27 bits per heavy atom. The van der Waals surface area contributed by atoms with Gasteiger partial charge in [0.15, 0.2) is 0 Å². The standard InChI is InChI=1S/C23H26N4O2S/c1-23(2)12-18-10-17(13-24-21(18)26-22(23)29)5-6-20(28)27-8-3-4-16(7-9-27)11-19-14-30-15-25-19/h5-6,10-11,13-15H,3-4,7-9,12H2,1-2H3,(H,24,26,29)/b6-5+,16-11-. The average Bonchev–Trinajstić information content (AvgIpc) is 3.11. The Bertz CT molecular complexity index is 1010. The van der Waals surface area contributed by atoms with Gasteiger partial charge in [-0.05, 0) is 55.0 Å². The molecule has 0 aromatic carbocycles. The zero-order chi connectivity index (χ0) is 21.1. The van der Waals surface area contributed by atoms with E-state index in [1.54, 1.807) is 23.6 Å². The molecule has 4 heterocycles. The quantitative estimate of drug-likeness (QED) is 0.754. The molecule has 0 radical (unpaired) electrons. The third kappa shape index (κ3) is 4.67. The van der Waals surface area contributed by atoms with E-state index < -0.39 is 5.41 Å². The molecular weight excluding hydrogens is 396 g/mol. The minimum atomic E-state index is -0.456. The normalized spacial score (nSPS) is 20.1. The van der Waals surface area contributed by atoms with E-state index in [2.05, 4.69) is 21.4 Å². The fraction of sp³-hybridized carbons (Fsp3) is 0.391. The molecule has 1 saturated heterocycles. The summed E-state index contributed by atoms with van der Waals surface area (Å²) in [5.74, 6) is 0.636. The average molecular weight is 423 g/mol. The third-order valence-electron chi connectivity index (χ3n) is 5.63. The van der Waals surface area contributed by atoms with Crippen molar-refractivity contribution in [2.75, 3.05) is 18.4 Å². The predicted octanol–water partition coefficient (Wildman–Crippen LogP) is 4.17. The van der Waals surface area contributed by atoms with Gasteiger partial charge in [-0.3, -0.25) is 9.59 Å². The first-order valence-electron chi connectivity index (χ1n) is 10.3. The second-order valence-corrected chi connectivity index (χ2v) is 9.24. The first-order valence-corrected chi connectivity index (χ1v) is 11.2. The molecule has 2 aliphatic rings. The van der Waals surface area contributed by atoms with Crippen LogP contribution >= 0.6 is 11.3 Å². The molecule has 0 unspecified atom stereocenters. The highest BCUT2D eigenvalue weighted by Crippen LogP contribution is 2.32. The summed E-state index contributed by atoms with van der Waals surface area (Å²) in [4.78, 5) is 35.4. The minimum absolute atomic E-state index is 0.00895. The van der Waals surface area contributed by atoms with Crippen LogP contribution in [0.2, 0.25) is 0 Å². The molecule has 6 nitrogen and oxygen atoms in total. The van der Waals surface area contributed by atoms with Crippen molar-refractivity contribution in [3.63, 3.8) is 0 Å². The van der Waals surface area contributed by atoms with Gasteiger partial charge >= 0.3 is 0 Å². The van der Waals surface area contributed by atoms with E-state index >= 15 is 0 Å². The molecule has 0 aliphatic carbocycles. The van der Waals surface area contributed by atoms with Crippen LogP contribution in [0, 0.1) is 5.41 Å². The first kappa shape index (κ1) is 20.5. The molecule has 0 atom stereocenters. The second kappa shape index (κ2) is 8.52. The molecule has 0 saturated carbocycles. The summed E-state index contributed by atoms with van der Waals surface area (Å²) in [6, 6.07) is 2.00. The number of nitrogens with zero attached hydrogens (tertiary/aromatic N) is 3. The van der Waals surface area contributed by atoms with Crippen LogP contribution in [0.25, 0.3) is 12.2 Å². The lowest BCUT2D eigenvalue weighted by Gasteiger charge is -2.29. The summed E-state index contributed by atoms with van der Waals surface area (Å²) in [7, 11) is 0. The summed E-state index contributed by atoms with van der Waals surface area (Å²) >= 11 is 1.60. The molecule has 4 rings (SSSR count). The van der Waals surface area contributed by atoms with Crippen molar-refractivity contribution >= 4 is 41.1 Å². The largest absolute Gasteiger partial charge is 0.339 e. The van der Waals surface area contributed by atoms with Crippen molar-refractivity contribution in [1.82, 2.24) is 14.9 Å². The topological polar surface area (TPSA) is 75.2 Å². The van der Waals surface area contributed by atoms with E-state index in [9.17, 15) is 9.59 Å². The van der Waals surface area contributed by atoms with Gasteiger partial charge < -0.3 is 10.2 Å². The fourth-order valence-electron chi connectivity index (χ4n) is 3.85. The number of nitrogens with one attached hydrogen (secondary N) is 1. The highest BCUT2D eigenvalue weighted by atomic mass is 32.1. The Kier molecular flexibility index (Phi) is 5.81. The fourth-order valence-corrected chi connectivity index (χ4v) is 4.36. The molecule has 0 bridgehead atoms. The van der Waals surface area contributed by atoms with Crippen LogP contribution in [0.5, 0.6) is 0 Å². The maximum absolute atomic E-state index is 12.7. The summed E-state index contributed by atoms with van der Waals surface area (Å²) in [5.41, 5.74) is 5.61. The van der Waals surface area contributed by atoms with Gasteiger partial charge in [-0.25, -0.2) is 9.97 Å². The first-order chi connectivity index (χ1) is 14.4. The SMILES string of the molecule is CC1(C)Cc2cc(/C=C/C(=O)N3CCC/C(=C/c4cscn4)CC3)cnc2NC1=O. The van der Waals surface area contributed by atoms with Crippen LogP contribution in [0.15, 0.2) is 34.8 Å². The Hall–Kier alpha value is -2.80. The van der Waals surface area contributed by atoms with Crippen LogP contribution in [-0.2, 0) is 16.0 Å². The van der Waals surface area contributed by atoms with Crippen molar-refractivity contribution in [2.45, 2.75) is 39.5 Å². The van der Waals surface area contributed by atoms with Crippen LogP contribution in [0.3, 0.4) is 0 Å². The highest BCUT2D eigenvalue weighted by molar-refractivity contribution is 7.07. The number of carbonyl (C=O) groups excluding carboxylic acids is 2. The molecule has 156 valence electrons. The summed E-state index contributed by atoms with van der Waals surface area (Å²) < 4.78 is 0. The summed E-state index contributed by atoms with van der Waals surface area (Å²) in [5, 5.41) is 4.91. The maximum Gasteiger partial charge on any atom is 0.246 e. The molecule has 0 spiro atoms. The summed E-state index contributed by atoms with van der Waals surface area (Å²) in [6.07, 6.45) is 10.8. The lowest BCUT2D eigenvalue weighted by Crippen LogP contribution is -2.37. The number of likely N-dealkylation sites (tertiary alicyclic amines) is 1. The monoisotopic (exact) mass is 422 g/mol. The molecule has 1 N–H and O–H groups in total. The van der Waals surface area contributed by atoms with Gasteiger partial charge in [0.1, 0.15) is 5.82 Å². The number of aromatic nitrogens is 2. The molecule has 30 heavy (non-hydrogen) atoms. The van der Waals surface area contributed by atoms with Crippen LogP contribution in [0.4, 0.5) is 5.82 Å². The van der Waals surface area contributed by atoms with Gasteiger partial charge in [0.2, 0.25) is 11.8 Å². The van der Waals surface area contributed by atoms with E-state index in [-0.39, 0.29) is 11.8 Å². The van der Waals surface area contributed by atoms with Crippen LogP contribution in [0.1, 0.15) is 49.9 Å². The minimum Gasteiger partial charge on any atom is -0.339 e. The van der Waals surface area contributed by atoms with Gasteiger partial charge in [-0.15, -0.1) is 11.3 Å². The molecule has 2 aliphatic heterocycles. The molecule has 2 aromatic rings. The van der Waals surface area contributed by atoms with Crippen LogP contribution < -0.4 is 5.32 Å². The maximum atomic E-state index is 12.7. The van der Waals surface area contributed by atoms with E-state index in [0.717, 1.165) is 49.2 Å². The van der Waals surface area contributed by atoms with E-state index in [4.69, 9.17) is 0 Å². The van der Waals surface area contributed by atoms with E-state index in [1.165, 1.54) is 5.57 Å². The number of rotatable bonds is 3. The molecule has 7 heteroatoms. The number of carbonyl (C=O) groups is 2. The van der Waals surface area contributed by atoms with Crippen molar-refractivity contribution < 1.29 is 9.59 Å². The summed E-state index contributed by atoms with van der Waals surface area (Å²) in [6.45, 7) is 5.34. The number of fused-ring (bicyclic) bond motifs is 1. The van der Waals surface area contributed by atoms with Crippen LogP contribution in [-0.4, -0.2) is 39.8 Å². The van der Waals surface area contributed by atoms with Crippen molar-refractivity contribution in [3.05, 3.63) is 51.6 Å². The molecule has 2 aromatic heterocycles. The van der Waals surface area contributed by atoms with E-state index in [0.29, 0.717) is 12.2 Å². The number of pyridine rings is 1. The third-order valence-corrected chi connectivity index (χ3v) is 6.23. The zero-order valence-corrected chi connectivity index (χ0v) is 18.2. The number of hydrogen-bond donors (Lipinski definition) is 1. The van der Waals surface area contributed by atoms with Gasteiger partial charge in [0.25, 0.3) is 0 Å². The number of thiazole rings is 1. The predicted molar refractivity (Wildman–Crippen MR) is 120 cm³/mol. The number of amides is 2. The highest BCUT2D eigenvalue weighted by Gasteiger charge is 2.34. The number of hydrogen-bond acceptors (Lipinski definition) is 5. The van der Waals surface area contributed by atoms with E-state index in [1.807, 2.05) is 41.8 Å². The Balaban J connectivity index is 1.40. The Morgan fingerprint density at radius 2 is 2.13 bits per heavy atom. The zero-order valence-electron chi connectivity index (χ0n) is 17.4. The Morgan fingerprint density at radius 3 is 2.93 bits per heavy atom. The lowest BCUT2D eigenvalue weighted by molar-refractivity contribution is -0.126. The Labute approximate surface area is 180 Å². The smallest absolute Gasteiger partial charge is 0.246 e. The lowest BCUT2D eigenvalue weighted by atomic mass is 9.82. The second-order valence-electron chi connectivity index (χ2n) is 8.52. The van der Waals surface area contributed by atoms with Crippen molar-refractivity contribution in [3.8, 4) is 0 Å². The van der Waals surface area contributed by atoms with Gasteiger partial charge in [-0.2, -0.15) is 0 Å². The van der Waals surface area contributed by atoms with Crippen molar-refractivity contribution in [1.29, 1.82) is 0 Å². The van der Waals surface area contributed by atoms with Crippen molar-refractivity contribution in [2.24, 2.45) is 5.41 Å². The van der Waals surface area contributed by atoms with Gasteiger partial charge in [0.05, 0.1) is 11.2 Å². The molecular formula is C23H26N4O2S.